The third-order valence-corrected chi connectivity index (χ3v) is 7.05. The van der Waals surface area contributed by atoms with E-state index in [2.05, 4.69) is 16.2 Å². The van der Waals surface area contributed by atoms with Crippen molar-refractivity contribution in [3.63, 3.8) is 0 Å². The number of rotatable bonds is 7. The summed E-state index contributed by atoms with van der Waals surface area (Å²) >= 11 is 1.23. The smallest absolute Gasteiger partial charge is 0.244 e. The highest BCUT2D eigenvalue weighted by Gasteiger charge is 2.29. The van der Waals surface area contributed by atoms with Crippen molar-refractivity contribution in [2.45, 2.75) is 48.1 Å². The van der Waals surface area contributed by atoms with E-state index in [4.69, 9.17) is 6.42 Å². The van der Waals surface area contributed by atoms with Crippen molar-refractivity contribution in [3.05, 3.63) is 18.3 Å². The van der Waals surface area contributed by atoms with Crippen molar-refractivity contribution in [2.24, 2.45) is 0 Å². The number of carbonyl (C=O) groups excluding carboxylic acids is 1. The Balaban J connectivity index is 1.98. The summed E-state index contributed by atoms with van der Waals surface area (Å²) in [6.07, 6.45) is 11.6. The molecule has 136 valence electrons. The highest BCUT2D eigenvalue weighted by Crippen LogP contribution is 2.26. The summed E-state index contributed by atoms with van der Waals surface area (Å²) in [6, 6.07) is 3.23. The van der Waals surface area contributed by atoms with Crippen LogP contribution in [0.5, 0.6) is 0 Å². The number of pyridine rings is 1. The van der Waals surface area contributed by atoms with Crippen molar-refractivity contribution < 1.29 is 13.2 Å². The number of hydrogen-bond donors (Lipinski definition) is 1. The number of thioether (sulfide) groups is 1. The van der Waals surface area contributed by atoms with Crippen molar-refractivity contribution in [1.29, 1.82) is 0 Å². The van der Waals surface area contributed by atoms with Gasteiger partial charge in [0.2, 0.25) is 15.9 Å². The largest absolute Gasteiger partial charge is 0.344 e. The Morgan fingerprint density at radius 1 is 1.40 bits per heavy atom. The van der Waals surface area contributed by atoms with E-state index >= 15 is 0 Å². The quantitative estimate of drug-likeness (QED) is 0.576. The first-order chi connectivity index (χ1) is 11.9. The van der Waals surface area contributed by atoms with Gasteiger partial charge in [0.05, 0.1) is 17.3 Å². The average molecular weight is 382 g/mol. The SMILES string of the molecule is C#CCNC(=O)CSc1ccc(S(=O)(=O)N(C)C2CCCCC2)cn1. The third kappa shape index (κ3) is 5.46. The monoisotopic (exact) mass is 381 g/mol. The Kier molecular flexibility index (Phi) is 7.29. The van der Waals surface area contributed by atoms with Crippen LogP contribution < -0.4 is 5.32 Å². The molecule has 1 saturated carbocycles. The van der Waals surface area contributed by atoms with E-state index in [0.29, 0.717) is 5.03 Å². The van der Waals surface area contributed by atoms with Crippen LogP contribution in [0.15, 0.2) is 28.3 Å². The van der Waals surface area contributed by atoms with E-state index in [1.165, 1.54) is 28.7 Å². The molecule has 0 aromatic carbocycles. The second-order valence-electron chi connectivity index (χ2n) is 5.91. The highest BCUT2D eigenvalue weighted by molar-refractivity contribution is 7.99. The molecule has 0 atom stereocenters. The second kappa shape index (κ2) is 9.22. The maximum Gasteiger partial charge on any atom is 0.244 e. The van der Waals surface area contributed by atoms with Crippen LogP contribution in [0.1, 0.15) is 32.1 Å². The van der Waals surface area contributed by atoms with Crippen molar-refractivity contribution in [1.82, 2.24) is 14.6 Å². The lowest BCUT2D eigenvalue weighted by Crippen LogP contribution is -2.38. The first-order valence-electron chi connectivity index (χ1n) is 8.22. The van der Waals surface area contributed by atoms with E-state index in [1.807, 2.05) is 0 Å². The molecule has 0 aliphatic heterocycles. The Bertz CT molecular complexity index is 721. The van der Waals surface area contributed by atoms with E-state index in [0.717, 1.165) is 25.7 Å². The van der Waals surface area contributed by atoms with Crippen molar-refractivity contribution in [2.75, 3.05) is 19.3 Å². The summed E-state index contributed by atoms with van der Waals surface area (Å²) in [4.78, 5) is 15.9. The van der Waals surface area contributed by atoms with Crippen LogP contribution in [0, 0.1) is 12.3 Å². The summed E-state index contributed by atoms with van der Waals surface area (Å²) < 4.78 is 26.9. The summed E-state index contributed by atoms with van der Waals surface area (Å²) in [6.45, 7) is 0.192. The molecule has 1 aromatic heterocycles. The Morgan fingerprint density at radius 2 is 2.12 bits per heavy atom. The van der Waals surface area contributed by atoms with Gasteiger partial charge in [-0.1, -0.05) is 36.9 Å². The summed E-state index contributed by atoms with van der Waals surface area (Å²) in [7, 11) is -1.90. The fourth-order valence-corrected chi connectivity index (χ4v) is 4.79. The Hall–Kier alpha value is -1.56. The standard InChI is InChI=1S/C17H23N3O3S2/c1-3-11-18-16(21)13-24-17-10-9-15(12-19-17)25(22,23)20(2)14-7-5-4-6-8-14/h1,9-10,12,14H,4-8,11,13H2,2H3,(H,18,21). The van der Waals surface area contributed by atoms with Gasteiger partial charge in [-0.2, -0.15) is 4.31 Å². The van der Waals surface area contributed by atoms with E-state index < -0.39 is 10.0 Å². The number of aromatic nitrogens is 1. The fourth-order valence-electron chi connectivity index (χ4n) is 2.75. The molecule has 1 N–H and O–H groups in total. The van der Waals surface area contributed by atoms with Crippen molar-refractivity contribution >= 4 is 27.7 Å². The van der Waals surface area contributed by atoms with Crippen LogP contribution in [0.4, 0.5) is 0 Å². The van der Waals surface area contributed by atoms with E-state index in [9.17, 15) is 13.2 Å². The topological polar surface area (TPSA) is 79.4 Å². The van der Waals surface area contributed by atoms with E-state index in [-0.39, 0.29) is 29.1 Å². The number of nitrogens with zero attached hydrogens (tertiary/aromatic N) is 2. The van der Waals surface area contributed by atoms with Crippen LogP contribution in [-0.4, -0.2) is 49.0 Å². The maximum atomic E-state index is 12.7. The first-order valence-corrected chi connectivity index (χ1v) is 10.6. The minimum Gasteiger partial charge on any atom is -0.344 e. The number of carbonyl (C=O) groups is 1. The van der Waals surface area contributed by atoms with Gasteiger partial charge in [0.15, 0.2) is 0 Å². The van der Waals surface area contributed by atoms with Gasteiger partial charge in [0.25, 0.3) is 0 Å². The molecule has 1 aliphatic carbocycles. The van der Waals surface area contributed by atoms with Gasteiger partial charge in [-0.3, -0.25) is 4.79 Å². The summed E-state index contributed by atoms with van der Waals surface area (Å²) in [5.74, 6) is 2.33. The molecule has 8 heteroatoms. The van der Waals surface area contributed by atoms with Crippen molar-refractivity contribution in [3.8, 4) is 12.3 Å². The molecule has 1 heterocycles. The molecular weight excluding hydrogens is 358 g/mol. The number of terminal acetylenes is 1. The van der Waals surface area contributed by atoms with Crippen LogP contribution in [0.3, 0.4) is 0 Å². The molecule has 0 spiro atoms. The number of hydrogen-bond acceptors (Lipinski definition) is 5. The maximum absolute atomic E-state index is 12.7. The summed E-state index contributed by atoms with van der Waals surface area (Å²) in [5.41, 5.74) is 0. The molecule has 2 rings (SSSR count). The highest BCUT2D eigenvalue weighted by atomic mass is 32.2. The molecule has 25 heavy (non-hydrogen) atoms. The second-order valence-corrected chi connectivity index (χ2v) is 8.91. The van der Waals surface area contributed by atoms with Gasteiger partial charge in [-0.15, -0.1) is 6.42 Å². The van der Waals surface area contributed by atoms with Gasteiger partial charge in [0, 0.05) is 19.3 Å². The fraction of sp³-hybridized carbons (Fsp3) is 0.529. The first kappa shape index (κ1) is 19.8. The Labute approximate surface area is 153 Å². The van der Waals surface area contributed by atoms with Crippen LogP contribution in [-0.2, 0) is 14.8 Å². The molecule has 1 fully saturated rings. The zero-order chi connectivity index (χ0) is 18.3. The van der Waals surface area contributed by atoms with Gasteiger partial charge in [-0.05, 0) is 25.0 Å². The van der Waals surface area contributed by atoms with Crippen LogP contribution in [0.2, 0.25) is 0 Å². The van der Waals surface area contributed by atoms with Gasteiger partial charge >= 0.3 is 0 Å². The lowest BCUT2D eigenvalue weighted by molar-refractivity contribution is -0.118. The van der Waals surface area contributed by atoms with Gasteiger partial charge in [0.1, 0.15) is 4.90 Å². The number of nitrogens with one attached hydrogen (secondary N) is 1. The lowest BCUT2D eigenvalue weighted by atomic mass is 9.96. The zero-order valence-electron chi connectivity index (χ0n) is 14.3. The summed E-state index contributed by atoms with van der Waals surface area (Å²) in [5, 5.41) is 3.16. The minimum atomic E-state index is -3.54. The van der Waals surface area contributed by atoms with Crippen LogP contribution in [0.25, 0.3) is 0 Å². The molecule has 1 aromatic rings. The Morgan fingerprint density at radius 3 is 2.72 bits per heavy atom. The molecule has 6 nitrogen and oxygen atoms in total. The minimum absolute atomic E-state index is 0.0626. The van der Waals surface area contributed by atoms with Gasteiger partial charge < -0.3 is 5.32 Å². The third-order valence-electron chi connectivity index (χ3n) is 4.21. The molecule has 0 bridgehead atoms. The zero-order valence-corrected chi connectivity index (χ0v) is 15.9. The number of sulfonamides is 1. The molecule has 0 radical (unpaired) electrons. The predicted octanol–water partition coefficient (Wildman–Crippen LogP) is 1.88. The molecule has 0 saturated heterocycles. The molecule has 0 unspecified atom stereocenters. The van der Waals surface area contributed by atoms with Gasteiger partial charge in [-0.25, -0.2) is 13.4 Å². The predicted molar refractivity (Wildman–Crippen MR) is 98.6 cm³/mol. The lowest BCUT2D eigenvalue weighted by Gasteiger charge is -2.30. The molecule has 1 amide bonds. The van der Waals surface area contributed by atoms with E-state index in [1.54, 1.807) is 19.2 Å². The van der Waals surface area contributed by atoms with Crippen LogP contribution >= 0.6 is 11.8 Å². The number of amides is 1. The molecule has 1 aliphatic rings. The average Bonchev–Trinajstić information content (AvgIpc) is 2.65. The normalized spacial score (nSPS) is 15.7. The molecular formula is C17H23N3O3S2.